The number of hydrogen-bond donors (Lipinski definition) is 3. The van der Waals surface area contributed by atoms with Crippen LogP contribution in [-0.4, -0.2) is 38.1 Å². The normalized spacial score (nSPS) is 14.0. The van der Waals surface area contributed by atoms with E-state index in [0.717, 1.165) is 54.8 Å². The zero-order chi connectivity index (χ0) is 18.8. The number of anilines is 1. The second-order valence-corrected chi connectivity index (χ2v) is 6.94. The molecule has 1 aliphatic heterocycles. The van der Waals surface area contributed by atoms with Crippen LogP contribution in [0, 0.1) is 5.92 Å². The van der Waals surface area contributed by atoms with Crippen LogP contribution in [0.5, 0.6) is 5.75 Å². The van der Waals surface area contributed by atoms with E-state index in [1.807, 2.05) is 18.2 Å². The smallest absolute Gasteiger partial charge is 0.224 e. The number of carbonyl (C=O) groups is 1. The molecule has 26 heavy (non-hydrogen) atoms. The van der Waals surface area contributed by atoms with Crippen molar-refractivity contribution in [3.05, 3.63) is 23.8 Å². The van der Waals surface area contributed by atoms with E-state index in [-0.39, 0.29) is 5.91 Å². The Kier molecular flexibility index (Phi) is 8.25. The molecule has 1 aromatic carbocycles. The molecule has 0 atom stereocenters. The first-order valence-corrected chi connectivity index (χ1v) is 9.66. The molecule has 2 rings (SSSR count). The zero-order valence-electron chi connectivity index (χ0n) is 16.2. The van der Waals surface area contributed by atoms with Crippen molar-refractivity contribution < 1.29 is 9.53 Å². The third kappa shape index (κ3) is 6.94. The van der Waals surface area contributed by atoms with Crippen molar-refractivity contribution in [2.75, 3.05) is 31.6 Å². The van der Waals surface area contributed by atoms with Crippen LogP contribution in [0.1, 0.15) is 45.6 Å². The van der Waals surface area contributed by atoms with Crippen LogP contribution in [-0.2, 0) is 11.2 Å². The van der Waals surface area contributed by atoms with Crippen LogP contribution in [0.25, 0.3) is 0 Å². The number of fused-ring (bicyclic) bond motifs is 1. The van der Waals surface area contributed by atoms with Crippen molar-refractivity contribution in [3.63, 3.8) is 0 Å². The molecule has 144 valence electrons. The predicted molar refractivity (Wildman–Crippen MR) is 107 cm³/mol. The van der Waals surface area contributed by atoms with Gasteiger partial charge in [0.1, 0.15) is 12.4 Å². The third-order valence-electron chi connectivity index (χ3n) is 4.19. The number of ether oxygens (including phenoxy) is 1. The molecule has 6 nitrogen and oxygen atoms in total. The van der Waals surface area contributed by atoms with Crippen molar-refractivity contribution in [1.29, 1.82) is 0 Å². The lowest BCUT2D eigenvalue weighted by Gasteiger charge is -2.18. The van der Waals surface area contributed by atoms with E-state index in [2.05, 4.69) is 41.7 Å². The van der Waals surface area contributed by atoms with Gasteiger partial charge in [0.25, 0.3) is 0 Å². The van der Waals surface area contributed by atoms with E-state index >= 15 is 0 Å². The molecule has 3 N–H and O–H groups in total. The summed E-state index contributed by atoms with van der Waals surface area (Å²) in [6, 6.07) is 5.82. The van der Waals surface area contributed by atoms with Gasteiger partial charge < -0.3 is 20.7 Å². The van der Waals surface area contributed by atoms with E-state index in [1.165, 1.54) is 6.42 Å². The minimum absolute atomic E-state index is 0.0824. The highest BCUT2D eigenvalue weighted by atomic mass is 16.5. The molecule has 1 aromatic rings. The minimum atomic E-state index is 0.0824. The maximum absolute atomic E-state index is 11.4. The highest BCUT2D eigenvalue weighted by molar-refractivity contribution is 5.94. The van der Waals surface area contributed by atoms with E-state index in [4.69, 9.17) is 4.74 Å². The van der Waals surface area contributed by atoms with Crippen molar-refractivity contribution in [3.8, 4) is 5.75 Å². The molecule has 0 saturated heterocycles. The van der Waals surface area contributed by atoms with Gasteiger partial charge in [0, 0.05) is 25.2 Å². The lowest BCUT2D eigenvalue weighted by molar-refractivity contribution is -0.116. The third-order valence-corrected chi connectivity index (χ3v) is 4.19. The van der Waals surface area contributed by atoms with E-state index in [0.29, 0.717) is 19.6 Å². The average molecular weight is 361 g/mol. The summed E-state index contributed by atoms with van der Waals surface area (Å²) < 4.78 is 5.83. The van der Waals surface area contributed by atoms with E-state index in [1.54, 1.807) is 0 Å². The van der Waals surface area contributed by atoms with Crippen LogP contribution in [0.15, 0.2) is 23.2 Å². The number of nitrogens with zero attached hydrogens (tertiary/aromatic N) is 1. The van der Waals surface area contributed by atoms with Gasteiger partial charge in [-0.25, -0.2) is 0 Å². The van der Waals surface area contributed by atoms with E-state index < -0.39 is 0 Å². The van der Waals surface area contributed by atoms with Gasteiger partial charge >= 0.3 is 0 Å². The standard InChI is InChI=1S/C20H32N4O2/c1-4-21-20(22-11-5-6-15(2)3)23-12-13-26-17-8-9-18-16(14-17)7-10-19(25)24-18/h8-9,14-15H,4-7,10-13H2,1-3H3,(H,24,25)(H2,21,22,23). The van der Waals surface area contributed by atoms with Crippen molar-refractivity contribution in [2.24, 2.45) is 10.9 Å². The van der Waals surface area contributed by atoms with Crippen LogP contribution in [0.3, 0.4) is 0 Å². The summed E-state index contributed by atoms with van der Waals surface area (Å²) in [4.78, 5) is 16.0. The molecule has 1 heterocycles. The summed E-state index contributed by atoms with van der Waals surface area (Å²) in [5.74, 6) is 2.48. The molecule has 1 aliphatic rings. The molecule has 0 saturated carbocycles. The molecular formula is C20H32N4O2. The molecule has 0 aliphatic carbocycles. The van der Waals surface area contributed by atoms with Gasteiger partial charge in [-0.2, -0.15) is 0 Å². The Morgan fingerprint density at radius 2 is 2.15 bits per heavy atom. The lowest BCUT2D eigenvalue weighted by atomic mass is 10.0. The Balaban J connectivity index is 1.74. The summed E-state index contributed by atoms with van der Waals surface area (Å²) >= 11 is 0. The highest BCUT2D eigenvalue weighted by Gasteiger charge is 2.14. The van der Waals surface area contributed by atoms with Crippen LogP contribution < -0.4 is 20.7 Å². The number of hydrogen-bond acceptors (Lipinski definition) is 3. The fraction of sp³-hybridized carbons (Fsp3) is 0.600. The SMILES string of the molecule is CCNC(=NCCCC(C)C)NCCOc1ccc2c(c1)CCC(=O)N2. The van der Waals surface area contributed by atoms with Gasteiger partial charge in [-0.15, -0.1) is 0 Å². The molecule has 1 amide bonds. The van der Waals surface area contributed by atoms with Crippen LogP contribution >= 0.6 is 0 Å². The second kappa shape index (κ2) is 10.7. The van der Waals surface area contributed by atoms with Crippen molar-refractivity contribution >= 4 is 17.6 Å². The highest BCUT2D eigenvalue weighted by Crippen LogP contribution is 2.26. The summed E-state index contributed by atoms with van der Waals surface area (Å²) in [6.45, 7) is 9.45. The number of guanidine groups is 1. The number of rotatable bonds is 9. The lowest BCUT2D eigenvalue weighted by Crippen LogP contribution is -2.39. The number of aryl methyl sites for hydroxylation is 1. The van der Waals surface area contributed by atoms with Crippen LogP contribution in [0.4, 0.5) is 5.69 Å². The predicted octanol–water partition coefficient (Wildman–Crippen LogP) is 2.94. The molecule has 0 unspecified atom stereocenters. The number of carbonyl (C=O) groups excluding carboxylic acids is 1. The monoisotopic (exact) mass is 360 g/mol. The Morgan fingerprint density at radius 1 is 1.31 bits per heavy atom. The fourth-order valence-electron chi connectivity index (χ4n) is 2.82. The van der Waals surface area contributed by atoms with Gasteiger partial charge in [0.05, 0.1) is 6.54 Å². The summed E-state index contributed by atoms with van der Waals surface area (Å²) in [7, 11) is 0. The quantitative estimate of drug-likeness (QED) is 0.360. The van der Waals surface area contributed by atoms with Crippen molar-refractivity contribution in [2.45, 2.75) is 46.5 Å². The van der Waals surface area contributed by atoms with E-state index in [9.17, 15) is 4.79 Å². The molecule has 0 fully saturated rings. The molecular weight excluding hydrogens is 328 g/mol. The van der Waals surface area contributed by atoms with Gasteiger partial charge in [0.2, 0.25) is 5.91 Å². The fourth-order valence-corrected chi connectivity index (χ4v) is 2.82. The summed E-state index contributed by atoms with van der Waals surface area (Å²) in [6.07, 6.45) is 3.61. The Labute approximate surface area is 156 Å². The summed E-state index contributed by atoms with van der Waals surface area (Å²) in [5, 5.41) is 9.45. The first-order valence-electron chi connectivity index (χ1n) is 9.66. The maximum atomic E-state index is 11.4. The largest absolute Gasteiger partial charge is 0.492 e. The van der Waals surface area contributed by atoms with Gasteiger partial charge in [-0.05, 0) is 55.9 Å². The Bertz CT molecular complexity index is 614. The zero-order valence-corrected chi connectivity index (χ0v) is 16.2. The Hall–Kier alpha value is -2.24. The topological polar surface area (TPSA) is 74.8 Å². The first kappa shape index (κ1) is 20.1. The summed E-state index contributed by atoms with van der Waals surface area (Å²) in [5.41, 5.74) is 2.03. The molecule has 0 bridgehead atoms. The van der Waals surface area contributed by atoms with Crippen molar-refractivity contribution in [1.82, 2.24) is 10.6 Å². The van der Waals surface area contributed by atoms with Gasteiger partial charge in [-0.3, -0.25) is 9.79 Å². The van der Waals surface area contributed by atoms with Crippen LogP contribution in [0.2, 0.25) is 0 Å². The number of nitrogens with one attached hydrogen (secondary N) is 3. The van der Waals surface area contributed by atoms with Gasteiger partial charge in [0.15, 0.2) is 5.96 Å². The maximum Gasteiger partial charge on any atom is 0.224 e. The number of amides is 1. The average Bonchev–Trinajstić information content (AvgIpc) is 2.62. The second-order valence-electron chi connectivity index (χ2n) is 6.94. The molecule has 6 heteroatoms. The molecule has 0 radical (unpaired) electrons. The van der Waals surface area contributed by atoms with Gasteiger partial charge in [-0.1, -0.05) is 13.8 Å². The molecule has 0 spiro atoms. The Morgan fingerprint density at radius 3 is 2.92 bits per heavy atom. The minimum Gasteiger partial charge on any atom is -0.492 e. The first-order chi connectivity index (χ1) is 12.6. The number of benzene rings is 1. The molecule has 0 aromatic heterocycles. The number of aliphatic imine (C=N–C) groups is 1.